The molecule has 3 rings (SSSR count). The van der Waals surface area contributed by atoms with Gasteiger partial charge in [-0.25, -0.2) is 0 Å². The molecule has 0 radical (unpaired) electrons. The molecule has 0 spiro atoms. The van der Waals surface area contributed by atoms with Crippen LogP contribution < -0.4 is 4.74 Å². The number of fused-ring (bicyclic) bond motifs is 3. The van der Waals surface area contributed by atoms with E-state index < -0.39 is 0 Å². The van der Waals surface area contributed by atoms with Crippen molar-refractivity contribution < 1.29 is 13.9 Å². The molecule has 0 N–H and O–H groups in total. The number of Topliss-reactive ketones (excluding diaryl/α,β-unsaturated/α-hetero) is 1. The zero-order valence-electron chi connectivity index (χ0n) is 10.9. The Kier molecular flexibility index (Phi) is 2.75. The number of para-hydroxylation sites is 1. The average molecular weight is 254 g/mol. The van der Waals surface area contributed by atoms with Crippen molar-refractivity contribution in [1.82, 2.24) is 0 Å². The van der Waals surface area contributed by atoms with Crippen LogP contribution in [0.1, 0.15) is 23.7 Å². The Hall–Kier alpha value is -2.29. The number of carbonyl (C=O) groups excluding carboxylic acids is 1. The van der Waals surface area contributed by atoms with Gasteiger partial charge in [0, 0.05) is 17.2 Å². The Balaban J connectivity index is 2.49. The van der Waals surface area contributed by atoms with Gasteiger partial charge < -0.3 is 9.15 Å². The highest BCUT2D eigenvalue weighted by atomic mass is 16.5. The number of ketones is 1. The number of carbonyl (C=O) groups is 1. The number of methoxy groups -OCH3 is 1. The second kappa shape index (κ2) is 4.43. The summed E-state index contributed by atoms with van der Waals surface area (Å²) in [6.45, 7) is 1.85. The minimum atomic E-state index is 0.0639. The molecule has 3 heteroatoms. The molecule has 0 aliphatic carbocycles. The number of hydrogen-bond acceptors (Lipinski definition) is 3. The highest BCUT2D eigenvalue weighted by Gasteiger charge is 2.19. The number of benzene rings is 2. The smallest absolute Gasteiger partial charge is 0.167 e. The molecule has 1 aromatic heterocycles. The van der Waals surface area contributed by atoms with E-state index in [1.807, 2.05) is 37.3 Å². The van der Waals surface area contributed by atoms with Crippen LogP contribution in [-0.2, 0) is 0 Å². The molecular formula is C16H14O3. The maximum absolute atomic E-state index is 12.2. The van der Waals surface area contributed by atoms with Crippen LogP contribution in [-0.4, -0.2) is 12.9 Å². The molecule has 0 saturated heterocycles. The molecule has 0 aliphatic heterocycles. The summed E-state index contributed by atoms with van der Waals surface area (Å²) in [5.74, 6) is 0.667. The zero-order chi connectivity index (χ0) is 13.4. The van der Waals surface area contributed by atoms with E-state index in [2.05, 4.69) is 0 Å². The maximum atomic E-state index is 12.2. The van der Waals surface area contributed by atoms with Crippen LogP contribution in [0.2, 0.25) is 0 Å². The highest BCUT2D eigenvalue weighted by Crippen LogP contribution is 2.36. The molecule has 0 bridgehead atoms. The molecule has 0 aliphatic rings. The molecular weight excluding hydrogens is 240 g/mol. The van der Waals surface area contributed by atoms with E-state index in [1.165, 1.54) is 0 Å². The van der Waals surface area contributed by atoms with E-state index in [9.17, 15) is 4.79 Å². The van der Waals surface area contributed by atoms with Crippen LogP contribution >= 0.6 is 0 Å². The standard InChI is InChI=1S/C16H14O3/c1-3-11(17)16-13(18-2)8-9-14-15(16)10-6-4-5-7-12(10)19-14/h4-9H,3H2,1-2H3. The summed E-state index contributed by atoms with van der Waals surface area (Å²) >= 11 is 0. The molecule has 96 valence electrons. The summed E-state index contributed by atoms with van der Waals surface area (Å²) in [7, 11) is 1.58. The molecule has 1 heterocycles. The monoisotopic (exact) mass is 254 g/mol. The van der Waals surface area contributed by atoms with Crippen molar-refractivity contribution in [3.63, 3.8) is 0 Å². The fourth-order valence-corrected chi connectivity index (χ4v) is 2.42. The Morgan fingerprint density at radius 2 is 1.95 bits per heavy atom. The van der Waals surface area contributed by atoms with Crippen molar-refractivity contribution in [2.75, 3.05) is 7.11 Å². The maximum Gasteiger partial charge on any atom is 0.167 e. The van der Waals surface area contributed by atoms with Crippen molar-refractivity contribution >= 4 is 27.7 Å². The zero-order valence-corrected chi connectivity index (χ0v) is 10.9. The number of rotatable bonds is 3. The molecule has 3 nitrogen and oxygen atoms in total. The van der Waals surface area contributed by atoms with Gasteiger partial charge in [0.25, 0.3) is 0 Å². The Morgan fingerprint density at radius 3 is 2.68 bits per heavy atom. The van der Waals surface area contributed by atoms with Crippen molar-refractivity contribution in [2.45, 2.75) is 13.3 Å². The van der Waals surface area contributed by atoms with Gasteiger partial charge in [0.05, 0.1) is 12.7 Å². The third-order valence-electron chi connectivity index (χ3n) is 3.33. The summed E-state index contributed by atoms with van der Waals surface area (Å²) in [5.41, 5.74) is 2.13. The molecule has 3 aromatic rings. The van der Waals surface area contributed by atoms with Gasteiger partial charge in [0.15, 0.2) is 5.78 Å². The number of hydrogen-bond donors (Lipinski definition) is 0. The number of furan rings is 1. The van der Waals surface area contributed by atoms with Crippen molar-refractivity contribution in [3.05, 3.63) is 42.0 Å². The predicted octanol–water partition coefficient (Wildman–Crippen LogP) is 4.19. The summed E-state index contributed by atoms with van der Waals surface area (Å²) in [5, 5.41) is 1.80. The van der Waals surface area contributed by atoms with E-state index >= 15 is 0 Å². The topological polar surface area (TPSA) is 39.4 Å². The van der Waals surface area contributed by atoms with Crippen LogP contribution in [0.4, 0.5) is 0 Å². The quantitative estimate of drug-likeness (QED) is 0.658. The second-order valence-electron chi connectivity index (χ2n) is 4.39. The SMILES string of the molecule is CCC(=O)c1c(OC)ccc2oc3ccccc3c12. The fourth-order valence-electron chi connectivity index (χ4n) is 2.42. The third kappa shape index (κ3) is 1.70. The summed E-state index contributed by atoms with van der Waals surface area (Å²) in [6.07, 6.45) is 0.439. The van der Waals surface area contributed by atoms with Gasteiger partial charge in [-0.15, -0.1) is 0 Å². The van der Waals surface area contributed by atoms with Gasteiger partial charge in [-0.1, -0.05) is 25.1 Å². The van der Waals surface area contributed by atoms with E-state index in [-0.39, 0.29) is 5.78 Å². The Morgan fingerprint density at radius 1 is 1.16 bits per heavy atom. The molecule has 0 saturated carbocycles. The van der Waals surface area contributed by atoms with Gasteiger partial charge in [-0.3, -0.25) is 4.79 Å². The lowest BCUT2D eigenvalue weighted by Crippen LogP contribution is -2.01. The molecule has 0 unspecified atom stereocenters. The molecule has 2 aromatic carbocycles. The lowest BCUT2D eigenvalue weighted by molar-refractivity contribution is 0.0987. The minimum Gasteiger partial charge on any atom is -0.496 e. The van der Waals surface area contributed by atoms with Gasteiger partial charge in [0.2, 0.25) is 0 Å². The first-order chi connectivity index (χ1) is 9.26. The van der Waals surface area contributed by atoms with Crippen LogP contribution in [0.15, 0.2) is 40.8 Å². The molecule has 0 amide bonds. The third-order valence-corrected chi connectivity index (χ3v) is 3.33. The van der Waals surface area contributed by atoms with Gasteiger partial charge >= 0.3 is 0 Å². The Bertz CT molecular complexity index is 768. The predicted molar refractivity (Wildman–Crippen MR) is 74.9 cm³/mol. The lowest BCUT2D eigenvalue weighted by atomic mass is 10.0. The van der Waals surface area contributed by atoms with Crippen LogP contribution in [0.5, 0.6) is 5.75 Å². The second-order valence-corrected chi connectivity index (χ2v) is 4.39. The van der Waals surface area contributed by atoms with Crippen molar-refractivity contribution in [3.8, 4) is 5.75 Å². The lowest BCUT2D eigenvalue weighted by Gasteiger charge is -2.07. The Labute approximate surface area is 110 Å². The first kappa shape index (κ1) is 11.8. The van der Waals surface area contributed by atoms with Gasteiger partial charge in [0.1, 0.15) is 16.9 Å². The van der Waals surface area contributed by atoms with Gasteiger partial charge in [-0.05, 0) is 18.2 Å². The van der Waals surface area contributed by atoms with E-state index in [1.54, 1.807) is 13.2 Å². The van der Waals surface area contributed by atoms with Crippen LogP contribution in [0, 0.1) is 0 Å². The van der Waals surface area contributed by atoms with Crippen LogP contribution in [0.3, 0.4) is 0 Å². The number of ether oxygens (including phenoxy) is 1. The van der Waals surface area contributed by atoms with Crippen molar-refractivity contribution in [2.24, 2.45) is 0 Å². The van der Waals surface area contributed by atoms with Crippen LogP contribution in [0.25, 0.3) is 21.9 Å². The highest BCUT2D eigenvalue weighted by molar-refractivity contribution is 6.18. The average Bonchev–Trinajstić information content (AvgIpc) is 2.83. The first-order valence-corrected chi connectivity index (χ1v) is 6.27. The molecule has 19 heavy (non-hydrogen) atoms. The van der Waals surface area contributed by atoms with E-state index in [4.69, 9.17) is 9.15 Å². The molecule has 0 fully saturated rings. The van der Waals surface area contributed by atoms with Gasteiger partial charge in [-0.2, -0.15) is 0 Å². The normalized spacial score (nSPS) is 11.1. The first-order valence-electron chi connectivity index (χ1n) is 6.27. The summed E-state index contributed by atoms with van der Waals surface area (Å²) in [6, 6.07) is 11.4. The fraction of sp³-hybridized carbons (Fsp3) is 0.188. The summed E-state index contributed by atoms with van der Waals surface area (Å²) < 4.78 is 11.1. The molecule has 0 atom stereocenters. The largest absolute Gasteiger partial charge is 0.496 e. The van der Waals surface area contributed by atoms with Crippen molar-refractivity contribution in [1.29, 1.82) is 0 Å². The van der Waals surface area contributed by atoms with E-state index in [0.29, 0.717) is 17.7 Å². The van der Waals surface area contributed by atoms with E-state index in [0.717, 1.165) is 21.9 Å². The summed E-state index contributed by atoms with van der Waals surface area (Å²) in [4.78, 5) is 12.2. The minimum absolute atomic E-state index is 0.0639.